The number of carbonyl (C=O) groups excluding carboxylic acids is 1. The molecule has 0 atom stereocenters. The third-order valence-electron chi connectivity index (χ3n) is 5.67. The van der Waals surface area contributed by atoms with Crippen LogP contribution in [-0.4, -0.2) is 61.0 Å². The van der Waals surface area contributed by atoms with E-state index in [1.165, 1.54) is 5.56 Å². The molecule has 1 fully saturated rings. The molecule has 1 aliphatic heterocycles. The van der Waals surface area contributed by atoms with Crippen molar-refractivity contribution in [3.05, 3.63) is 71.4 Å². The summed E-state index contributed by atoms with van der Waals surface area (Å²) in [5.41, 5.74) is 4.89. The van der Waals surface area contributed by atoms with Crippen LogP contribution in [0.2, 0.25) is 0 Å². The Morgan fingerprint density at radius 1 is 0.906 bits per heavy atom. The Bertz CT molecular complexity index is 1070. The number of amides is 1. The van der Waals surface area contributed by atoms with Crippen LogP contribution >= 0.6 is 0 Å². The van der Waals surface area contributed by atoms with Gasteiger partial charge in [-0.15, -0.1) is 0 Å². The highest BCUT2D eigenvalue weighted by molar-refractivity contribution is 5.94. The molecule has 1 amide bonds. The smallest absolute Gasteiger partial charge is 0.253 e. The zero-order valence-electron chi connectivity index (χ0n) is 19.2. The average Bonchev–Trinajstić information content (AvgIpc) is 2.80. The Morgan fingerprint density at radius 2 is 1.56 bits per heavy atom. The minimum Gasteiger partial charge on any atom is -0.378 e. The largest absolute Gasteiger partial charge is 0.378 e. The van der Waals surface area contributed by atoms with E-state index in [0.717, 1.165) is 41.5 Å². The number of hydrogen-bond acceptors (Lipinski definition) is 6. The van der Waals surface area contributed by atoms with E-state index >= 15 is 0 Å². The van der Waals surface area contributed by atoms with Crippen molar-refractivity contribution in [3.63, 3.8) is 0 Å². The van der Waals surface area contributed by atoms with Gasteiger partial charge in [0.25, 0.3) is 5.91 Å². The maximum Gasteiger partial charge on any atom is 0.253 e. The van der Waals surface area contributed by atoms with E-state index in [4.69, 9.17) is 4.98 Å². The van der Waals surface area contributed by atoms with Crippen molar-refractivity contribution in [2.45, 2.75) is 13.8 Å². The first-order valence-electron chi connectivity index (χ1n) is 10.9. The first kappa shape index (κ1) is 21.6. The lowest BCUT2D eigenvalue weighted by Crippen LogP contribution is -2.49. The second-order valence-corrected chi connectivity index (χ2v) is 8.40. The predicted molar refractivity (Wildman–Crippen MR) is 130 cm³/mol. The van der Waals surface area contributed by atoms with Crippen molar-refractivity contribution in [3.8, 4) is 0 Å². The number of hydrogen-bond donors (Lipinski definition) is 1. The lowest BCUT2D eigenvalue weighted by atomic mass is 10.1. The minimum absolute atomic E-state index is 0.0792. The minimum atomic E-state index is 0.0792. The standard InChI is InChI=1S/C25H30N6O/c1-18-5-9-21(10-6-18)27-25-26-19(2)17-23(28-25)30-13-15-31(16-14-30)24(32)20-7-11-22(12-8-20)29(3)4/h5-12,17H,13-16H2,1-4H3,(H,26,27,28). The second kappa shape index (κ2) is 9.26. The molecule has 0 saturated carbocycles. The molecule has 3 aromatic rings. The van der Waals surface area contributed by atoms with Gasteiger partial charge in [-0.25, -0.2) is 4.98 Å². The highest BCUT2D eigenvalue weighted by atomic mass is 16.2. The number of anilines is 4. The van der Waals surface area contributed by atoms with Crippen LogP contribution in [0, 0.1) is 13.8 Å². The van der Waals surface area contributed by atoms with Crippen molar-refractivity contribution >= 4 is 29.0 Å². The Labute approximate surface area is 189 Å². The molecule has 0 unspecified atom stereocenters. The molecule has 1 aliphatic rings. The highest BCUT2D eigenvalue weighted by Crippen LogP contribution is 2.21. The third kappa shape index (κ3) is 4.99. The Balaban J connectivity index is 1.40. The summed E-state index contributed by atoms with van der Waals surface area (Å²) in [5, 5.41) is 3.30. The van der Waals surface area contributed by atoms with E-state index in [1.807, 2.05) is 73.3 Å². The Morgan fingerprint density at radius 3 is 2.19 bits per heavy atom. The SMILES string of the molecule is Cc1ccc(Nc2nc(C)cc(N3CCN(C(=O)c4ccc(N(C)C)cc4)CC3)n2)cc1. The fourth-order valence-corrected chi connectivity index (χ4v) is 3.76. The number of nitrogens with one attached hydrogen (secondary N) is 1. The molecule has 7 nitrogen and oxygen atoms in total. The first-order valence-corrected chi connectivity index (χ1v) is 10.9. The number of aromatic nitrogens is 2. The van der Waals surface area contributed by atoms with Crippen molar-refractivity contribution in [1.29, 1.82) is 0 Å². The fraction of sp³-hybridized carbons (Fsp3) is 0.320. The van der Waals surface area contributed by atoms with Crippen LogP contribution < -0.4 is 15.1 Å². The molecule has 166 valence electrons. The van der Waals surface area contributed by atoms with Gasteiger partial charge in [0.1, 0.15) is 5.82 Å². The van der Waals surface area contributed by atoms with E-state index < -0.39 is 0 Å². The topological polar surface area (TPSA) is 64.6 Å². The number of piperazine rings is 1. The third-order valence-corrected chi connectivity index (χ3v) is 5.67. The number of benzene rings is 2. The number of nitrogens with zero attached hydrogens (tertiary/aromatic N) is 5. The zero-order valence-corrected chi connectivity index (χ0v) is 19.2. The summed E-state index contributed by atoms with van der Waals surface area (Å²) in [7, 11) is 3.99. The van der Waals surface area contributed by atoms with Crippen LogP contribution in [0.3, 0.4) is 0 Å². The lowest BCUT2D eigenvalue weighted by Gasteiger charge is -2.35. The maximum absolute atomic E-state index is 12.9. The molecule has 2 heterocycles. The quantitative estimate of drug-likeness (QED) is 0.663. The van der Waals surface area contributed by atoms with E-state index in [9.17, 15) is 4.79 Å². The van der Waals surface area contributed by atoms with Gasteiger partial charge >= 0.3 is 0 Å². The molecule has 1 saturated heterocycles. The Kier molecular flexibility index (Phi) is 6.25. The van der Waals surface area contributed by atoms with E-state index in [0.29, 0.717) is 19.0 Å². The predicted octanol–water partition coefficient (Wildman–Crippen LogP) is 3.87. The van der Waals surface area contributed by atoms with Crippen LogP contribution in [0.5, 0.6) is 0 Å². The maximum atomic E-state index is 12.9. The molecule has 0 aliphatic carbocycles. The van der Waals surface area contributed by atoms with Crippen LogP contribution in [0.4, 0.5) is 23.1 Å². The summed E-state index contributed by atoms with van der Waals surface area (Å²) in [6.45, 7) is 6.84. The van der Waals surface area contributed by atoms with Gasteiger partial charge in [-0.1, -0.05) is 17.7 Å². The molecule has 2 aromatic carbocycles. The fourth-order valence-electron chi connectivity index (χ4n) is 3.76. The number of carbonyl (C=O) groups is 1. The van der Waals surface area contributed by atoms with Crippen LogP contribution in [0.15, 0.2) is 54.6 Å². The van der Waals surface area contributed by atoms with Gasteiger partial charge in [-0.05, 0) is 50.2 Å². The van der Waals surface area contributed by atoms with Crippen molar-refractivity contribution in [1.82, 2.24) is 14.9 Å². The van der Waals surface area contributed by atoms with Gasteiger partial charge in [0.05, 0.1) is 0 Å². The van der Waals surface area contributed by atoms with Gasteiger partial charge in [-0.2, -0.15) is 4.98 Å². The van der Waals surface area contributed by atoms with Gasteiger partial charge in [-0.3, -0.25) is 4.79 Å². The van der Waals surface area contributed by atoms with Crippen LogP contribution in [0.1, 0.15) is 21.6 Å². The Hall–Kier alpha value is -3.61. The summed E-state index contributed by atoms with van der Waals surface area (Å²) in [5.74, 6) is 1.55. The lowest BCUT2D eigenvalue weighted by molar-refractivity contribution is 0.0746. The molecule has 1 aromatic heterocycles. The molecule has 32 heavy (non-hydrogen) atoms. The number of rotatable bonds is 5. The van der Waals surface area contributed by atoms with Gasteiger partial charge in [0, 0.05) is 69.0 Å². The summed E-state index contributed by atoms with van der Waals surface area (Å²) in [4.78, 5) is 28.3. The molecule has 1 N–H and O–H groups in total. The summed E-state index contributed by atoms with van der Waals surface area (Å²) in [6, 6.07) is 17.9. The molecule has 4 rings (SSSR count). The first-order chi connectivity index (χ1) is 15.4. The monoisotopic (exact) mass is 430 g/mol. The second-order valence-electron chi connectivity index (χ2n) is 8.40. The molecule has 7 heteroatoms. The molecule has 0 bridgehead atoms. The number of aryl methyl sites for hydroxylation is 2. The summed E-state index contributed by atoms with van der Waals surface area (Å²) < 4.78 is 0. The van der Waals surface area contributed by atoms with Gasteiger partial charge in [0.2, 0.25) is 5.95 Å². The van der Waals surface area contributed by atoms with E-state index in [1.54, 1.807) is 0 Å². The summed E-state index contributed by atoms with van der Waals surface area (Å²) >= 11 is 0. The van der Waals surface area contributed by atoms with Crippen LogP contribution in [0.25, 0.3) is 0 Å². The van der Waals surface area contributed by atoms with E-state index in [2.05, 4.69) is 34.3 Å². The highest BCUT2D eigenvalue weighted by Gasteiger charge is 2.23. The molecule has 0 radical (unpaired) electrons. The normalized spacial score (nSPS) is 13.8. The van der Waals surface area contributed by atoms with Crippen LogP contribution in [-0.2, 0) is 0 Å². The summed E-state index contributed by atoms with van der Waals surface area (Å²) in [6.07, 6.45) is 0. The zero-order chi connectivity index (χ0) is 22.7. The average molecular weight is 431 g/mol. The van der Waals surface area contributed by atoms with Crippen molar-refractivity contribution in [2.75, 3.05) is 55.4 Å². The van der Waals surface area contributed by atoms with Crippen molar-refractivity contribution < 1.29 is 4.79 Å². The van der Waals surface area contributed by atoms with Crippen molar-refractivity contribution in [2.24, 2.45) is 0 Å². The van der Waals surface area contributed by atoms with Gasteiger partial charge < -0.3 is 20.0 Å². The molecule has 0 spiro atoms. The van der Waals surface area contributed by atoms with E-state index in [-0.39, 0.29) is 5.91 Å². The molecular weight excluding hydrogens is 400 g/mol. The van der Waals surface area contributed by atoms with Gasteiger partial charge in [0.15, 0.2) is 0 Å². The molecular formula is C25H30N6O.